The molecule has 1 heterocycles. The van der Waals surface area contributed by atoms with Gasteiger partial charge in [-0.25, -0.2) is 4.98 Å². The number of oxazole rings is 1. The molecular weight excluding hydrogens is 252 g/mol. The van der Waals surface area contributed by atoms with Crippen LogP contribution in [0, 0.1) is 20.8 Å². The molecule has 1 aromatic carbocycles. The average Bonchev–Trinajstić information content (AvgIpc) is 2.71. The Bertz CT molecular complexity index is 585. The molecule has 1 amide bonds. The molecule has 0 spiro atoms. The average molecular weight is 272 g/mol. The van der Waals surface area contributed by atoms with E-state index >= 15 is 0 Å². The summed E-state index contributed by atoms with van der Waals surface area (Å²) in [5, 5.41) is 2.90. The molecule has 1 N–H and O–H groups in total. The number of nitrogens with zero attached hydrogens (tertiary/aromatic N) is 1. The summed E-state index contributed by atoms with van der Waals surface area (Å²) in [6.45, 7) is 6.35. The van der Waals surface area contributed by atoms with E-state index < -0.39 is 0 Å². The van der Waals surface area contributed by atoms with Crippen molar-refractivity contribution >= 4 is 5.91 Å². The number of nitrogens with one attached hydrogen (secondary N) is 1. The maximum absolute atomic E-state index is 11.8. The minimum Gasteiger partial charge on any atom is -0.446 e. The highest BCUT2D eigenvalue weighted by Crippen LogP contribution is 2.09. The molecule has 0 bridgehead atoms. The van der Waals surface area contributed by atoms with Gasteiger partial charge in [0.2, 0.25) is 5.91 Å². The SMILES string of the molecule is Cc1ccc(CC(=O)NCCc2oc(C)nc2C)cc1. The van der Waals surface area contributed by atoms with E-state index in [-0.39, 0.29) is 5.91 Å². The van der Waals surface area contributed by atoms with Crippen LogP contribution in [0.2, 0.25) is 0 Å². The quantitative estimate of drug-likeness (QED) is 0.910. The Morgan fingerprint density at radius 3 is 2.50 bits per heavy atom. The smallest absolute Gasteiger partial charge is 0.224 e. The predicted molar refractivity (Wildman–Crippen MR) is 77.6 cm³/mol. The number of aryl methyl sites for hydroxylation is 3. The van der Waals surface area contributed by atoms with Crippen LogP contribution in [-0.4, -0.2) is 17.4 Å². The van der Waals surface area contributed by atoms with Gasteiger partial charge in [-0.1, -0.05) is 29.8 Å². The largest absolute Gasteiger partial charge is 0.446 e. The first-order valence-corrected chi connectivity index (χ1v) is 6.80. The third kappa shape index (κ3) is 3.95. The molecule has 0 aliphatic carbocycles. The second-order valence-corrected chi connectivity index (χ2v) is 5.00. The van der Waals surface area contributed by atoms with E-state index in [2.05, 4.69) is 10.3 Å². The van der Waals surface area contributed by atoms with Gasteiger partial charge in [0.15, 0.2) is 5.89 Å². The summed E-state index contributed by atoms with van der Waals surface area (Å²) in [7, 11) is 0. The molecule has 1 aromatic heterocycles. The molecule has 4 nitrogen and oxygen atoms in total. The molecule has 4 heteroatoms. The normalized spacial score (nSPS) is 10.6. The number of carbonyl (C=O) groups excluding carboxylic acids is 1. The summed E-state index contributed by atoms with van der Waals surface area (Å²) in [6.07, 6.45) is 1.08. The predicted octanol–water partition coefficient (Wildman–Crippen LogP) is 2.50. The lowest BCUT2D eigenvalue weighted by molar-refractivity contribution is -0.120. The van der Waals surface area contributed by atoms with Gasteiger partial charge in [-0.05, 0) is 19.4 Å². The van der Waals surface area contributed by atoms with Crippen LogP contribution in [-0.2, 0) is 17.6 Å². The van der Waals surface area contributed by atoms with Gasteiger partial charge in [0.25, 0.3) is 0 Å². The Hall–Kier alpha value is -2.10. The van der Waals surface area contributed by atoms with Crippen LogP contribution in [0.3, 0.4) is 0 Å². The minimum atomic E-state index is 0.0303. The van der Waals surface area contributed by atoms with Gasteiger partial charge in [0.1, 0.15) is 5.76 Å². The van der Waals surface area contributed by atoms with E-state index in [1.165, 1.54) is 5.56 Å². The van der Waals surface area contributed by atoms with Gasteiger partial charge in [-0.15, -0.1) is 0 Å². The number of aromatic nitrogens is 1. The first-order valence-electron chi connectivity index (χ1n) is 6.80. The third-order valence-corrected chi connectivity index (χ3v) is 3.16. The van der Waals surface area contributed by atoms with Crippen molar-refractivity contribution in [2.24, 2.45) is 0 Å². The molecule has 106 valence electrons. The molecule has 0 saturated carbocycles. The van der Waals surface area contributed by atoms with E-state index in [9.17, 15) is 4.79 Å². The van der Waals surface area contributed by atoms with E-state index in [4.69, 9.17) is 4.42 Å². The summed E-state index contributed by atoms with van der Waals surface area (Å²) in [5.74, 6) is 1.55. The zero-order chi connectivity index (χ0) is 14.5. The third-order valence-electron chi connectivity index (χ3n) is 3.16. The van der Waals surface area contributed by atoms with Gasteiger partial charge in [-0.3, -0.25) is 4.79 Å². The van der Waals surface area contributed by atoms with E-state index in [0.717, 1.165) is 17.0 Å². The first kappa shape index (κ1) is 14.3. The first-order chi connectivity index (χ1) is 9.54. The van der Waals surface area contributed by atoms with E-state index in [1.54, 1.807) is 0 Å². The molecule has 0 unspecified atom stereocenters. The lowest BCUT2D eigenvalue weighted by atomic mass is 10.1. The Morgan fingerprint density at radius 2 is 1.90 bits per heavy atom. The highest BCUT2D eigenvalue weighted by atomic mass is 16.4. The van der Waals surface area contributed by atoms with Crippen molar-refractivity contribution in [2.45, 2.75) is 33.6 Å². The van der Waals surface area contributed by atoms with Crippen molar-refractivity contribution in [1.82, 2.24) is 10.3 Å². The molecule has 0 aliphatic heterocycles. The fourth-order valence-electron chi connectivity index (χ4n) is 2.07. The lowest BCUT2D eigenvalue weighted by Crippen LogP contribution is -2.27. The second kappa shape index (κ2) is 6.37. The topological polar surface area (TPSA) is 55.1 Å². The molecule has 20 heavy (non-hydrogen) atoms. The minimum absolute atomic E-state index is 0.0303. The summed E-state index contributed by atoms with van der Waals surface area (Å²) >= 11 is 0. The standard InChI is InChI=1S/C16H20N2O2/c1-11-4-6-14(7-5-11)10-16(19)17-9-8-15-12(2)18-13(3)20-15/h4-7H,8-10H2,1-3H3,(H,17,19). The van der Waals surface area contributed by atoms with Crippen molar-refractivity contribution in [2.75, 3.05) is 6.54 Å². The fourth-order valence-corrected chi connectivity index (χ4v) is 2.07. The fraction of sp³-hybridized carbons (Fsp3) is 0.375. The van der Waals surface area contributed by atoms with Crippen LogP contribution in [0.1, 0.15) is 28.5 Å². The van der Waals surface area contributed by atoms with Crippen LogP contribution >= 0.6 is 0 Å². The molecule has 0 fully saturated rings. The van der Waals surface area contributed by atoms with Crippen molar-refractivity contribution < 1.29 is 9.21 Å². The Labute approximate surface area is 119 Å². The molecule has 0 atom stereocenters. The highest BCUT2D eigenvalue weighted by Gasteiger charge is 2.07. The van der Waals surface area contributed by atoms with Crippen molar-refractivity contribution in [3.63, 3.8) is 0 Å². The van der Waals surface area contributed by atoms with Crippen LogP contribution in [0.5, 0.6) is 0 Å². The summed E-state index contributed by atoms with van der Waals surface area (Å²) in [5.41, 5.74) is 3.13. The highest BCUT2D eigenvalue weighted by molar-refractivity contribution is 5.78. The number of rotatable bonds is 5. The van der Waals surface area contributed by atoms with Gasteiger partial charge < -0.3 is 9.73 Å². The lowest BCUT2D eigenvalue weighted by Gasteiger charge is -2.05. The van der Waals surface area contributed by atoms with E-state index in [0.29, 0.717) is 25.3 Å². The number of hydrogen-bond acceptors (Lipinski definition) is 3. The molecular formula is C16H20N2O2. The maximum atomic E-state index is 11.8. The van der Waals surface area contributed by atoms with Crippen molar-refractivity contribution in [1.29, 1.82) is 0 Å². The van der Waals surface area contributed by atoms with Gasteiger partial charge in [0, 0.05) is 19.9 Å². The number of hydrogen-bond donors (Lipinski definition) is 1. The molecule has 0 saturated heterocycles. The Kier molecular flexibility index (Phi) is 4.56. The molecule has 2 rings (SSSR count). The van der Waals surface area contributed by atoms with Crippen LogP contribution in [0.4, 0.5) is 0 Å². The second-order valence-electron chi connectivity index (χ2n) is 5.00. The zero-order valence-corrected chi connectivity index (χ0v) is 12.2. The maximum Gasteiger partial charge on any atom is 0.224 e. The zero-order valence-electron chi connectivity index (χ0n) is 12.2. The summed E-state index contributed by atoms with van der Waals surface area (Å²) in [4.78, 5) is 16.0. The van der Waals surface area contributed by atoms with E-state index in [1.807, 2.05) is 45.0 Å². The van der Waals surface area contributed by atoms with Gasteiger partial charge >= 0.3 is 0 Å². The number of benzene rings is 1. The van der Waals surface area contributed by atoms with Gasteiger partial charge in [-0.2, -0.15) is 0 Å². The van der Waals surface area contributed by atoms with Crippen LogP contribution in [0.15, 0.2) is 28.7 Å². The van der Waals surface area contributed by atoms with Crippen LogP contribution < -0.4 is 5.32 Å². The molecule has 0 aliphatic rings. The van der Waals surface area contributed by atoms with Crippen molar-refractivity contribution in [3.8, 4) is 0 Å². The number of amides is 1. The Balaban J connectivity index is 1.78. The monoisotopic (exact) mass is 272 g/mol. The van der Waals surface area contributed by atoms with Gasteiger partial charge in [0.05, 0.1) is 12.1 Å². The Morgan fingerprint density at radius 1 is 1.20 bits per heavy atom. The molecule has 2 aromatic rings. The van der Waals surface area contributed by atoms with Crippen molar-refractivity contribution in [3.05, 3.63) is 52.7 Å². The molecule has 0 radical (unpaired) electrons. The summed E-state index contributed by atoms with van der Waals surface area (Å²) < 4.78 is 5.47. The summed E-state index contributed by atoms with van der Waals surface area (Å²) in [6, 6.07) is 8.00. The van der Waals surface area contributed by atoms with Crippen LogP contribution in [0.25, 0.3) is 0 Å². The number of carbonyl (C=O) groups is 1.